The van der Waals surface area contributed by atoms with Gasteiger partial charge in [0.1, 0.15) is 5.82 Å². The summed E-state index contributed by atoms with van der Waals surface area (Å²) < 4.78 is 16.1. The molecule has 0 aliphatic heterocycles. The van der Waals surface area contributed by atoms with E-state index < -0.39 is 0 Å². The van der Waals surface area contributed by atoms with Crippen LogP contribution >= 0.6 is 0 Å². The second kappa shape index (κ2) is 6.66. The molecule has 0 bridgehead atoms. The Bertz CT molecular complexity index is 1130. The van der Waals surface area contributed by atoms with E-state index in [2.05, 4.69) is 54.8 Å². The smallest absolute Gasteiger partial charge is 0.129 e. The van der Waals surface area contributed by atoms with Gasteiger partial charge >= 0.3 is 0 Å². The van der Waals surface area contributed by atoms with Crippen molar-refractivity contribution >= 4 is 11.0 Å². The van der Waals surface area contributed by atoms with Crippen molar-refractivity contribution in [2.24, 2.45) is 0 Å². The first-order chi connectivity index (χ1) is 12.9. The maximum absolute atomic E-state index is 14.0. The first-order valence-corrected chi connectivity index (χ1v) is 9.21. The van der Waals surface area contributed by atoms with Crippen LogP contribution in [0.2, 0.25) is 0 Å². The van der Waals surface area contributed by atoms with Crippen LogP contribution in [-0.4, -0.2) is 9.55 Å². The van der Waals surface area contributed by atoms with Crippen molar-refractivity contribution in [3.8, 4) is 11.1 Å². The van der Waals surface area contributed by atoms with Crippen LogP contribution in [0.1, 0.15) is 27.8 Å². The normalized spacial score (nSPS) is 11.3. The van der Waals surface area contributed by atoms with E-state index in [9.17, 15) is 4.39 Å². The topological polar surface area (TPSA) is 17.8 Å². The maximum Gasteiger partial charge on any atom is 0.129 e. The molecule has 0 spiro atoms. The minimum absolute atomic E-state index is 0.119. The summed E-state index contributed by atoms with van der Waals surface area (Å²) in [5, 5.41) is 0. The number of fused-ring (bicyclic) bond motifs is 1. The third-order valence-electron chi connectivity index (χ3n) is 5.15. The van der Waals surface area contributed by atoms with Gasteiger partial charge in [-0.1, -0.05) is 36.4 Å². The van der Waals surface area contributed by atoms with Crippen molar-refractivity contribution in [2.45, 2.75) is 34.2 Å². The average Bonchev–Trinajstić information content (AvgIpc) is 3.02. The van der Waals surface area contributed by atoms with E-state index >= 15 is 0 Å². The van der Waals surface area contributed by atoms with Crippen LogP contribution in [0.15, 0.2) is 54.9 Å². The fraction of sp³-hybridized carbons (Fsp3) is 0.208. The molecule has 3 aromatic carbocycles. The Balaban J connectivity index is 1.84. The molecule has 0 aliphatic carbocycles. The minimum atomic E-state index is -0.119. The fourth-order valence-electron chi connectivity index (χ4n) is 3.83. The molecule has 0 amide bonds. The lowest BCUT2D eigenvalue weighted by Crippen LogP contribution is -2.01. The minimum Gasteiger partial charge on any atom is -0.326 e. The Hall–Kier alpha value is -2.94. The predicted octanol–water partition coefficient (Wildman–Crippen LogP) is 6.12. The molecule has 4 aromatic rings. The van der Waals surface area contributed by atoms with E-state index in [0.717, 1.165) is 22.2 Å². The van der Waals surface area contributed by atoms with Crippen molar-refractivity contribution < 1.29 is 4.39 Å². The van der Waals surface area contributed by atoms with Gasteiger partial charge in [-0.15, -0.1) is 0 Å². The number of imidazole rings is 1. The van der Waals surface area contributed by atoms with E-state index in [1.165, 1.54) is 16.7 Å². The molecule has 0 aliphatic rings. The monoisotopic (exact) mass is 358 g/mol. The summed E-state index contributed by atoms with van der Waals surface area (Å²) in [6, 6.07) is 16.6. The number of rotatable bonds is 3. The highest BCUT2D eigenvalue weighted by molar-refractivity contribution is 5.93. The second-order valence-electron chi connectivity index (χ2n) is 7.41. The van der Waals surface area contributed by atoms with Crippen molar-refractivity contribution in [1.82, 2.24) is 9.55 Å². The molecule has 0 saturated carbocycles. The van der Waals surface area contributed by atoms with Crippen molar-refractivity contribution in [3.05, 3.63) is 88.5 Å². The van der Waals surface area contributed by atoms with Crippen molar-refractivity contribution in [2.75, 3.05) is 0 Å². The Morgan fingerprint density at radius 1 is 0.852 bits per heavy atom. The summed E-state index contributed by atoms with van der Waals surface area (Å²) >= 11 is 0. The van der Waals surface area contributed by atoms with Gasteiger partial charge in [0.25, 0.3) is 0 Å². The van der Waals surface area contributed by atoms with Crippen LogP contribution < -0.4 is 0 Å². The Kier molecular flexibility index (Phi) is 4.31. The molecule has 27 heavy (non-hydrogen) atoms. The number of hydrogen-bond acceptors (Lipinski definition) is 1. The summed E-state index contributed by atoms with van der Waals surface area (Å²) in [5.74, 6) is -0.119. The Morgan fingerprint density at radius 3 is 2.26 bits per heavy atom. The number of hydrogen-bond donors (Lipinski definition) is 0. The number of halogens is 1. The number of aromatic nitrogens is 2. The third kappa shape index (κ3) is 3.14. The van der Waals surface area contributed by atoms with Gasteiger partial charge in [0.05, 0.1) is 17.4 Å². The van der Waals surface area contributed by atoms with Crippen LogP contribution in [0.3, 0.4) is 0 Å². The van der Waals surface area contributed by atoms with Crippen LogP contribution in [-0.2, 0) is 6.54 Å². The van der Waals surface area contributed by atoms with Gasteiger partial charge in [0.15, 0.2) is 0 Å². The summed E-state index contributed by atoms with van der Waals surface area (Å²) in [5.41, 5.74) is 9.39. The summed E-state index contributed by atoms with van der Waals surface area (Å²) in [6.45, 7) is 8.56. The van der Waals surface area contributed by atoms with Gasteiger partial charge in [-0.05, 0) is 73.2 Å². The van der Waals surface area contributed by atoms with Crippen molar-refractivity contribution in [1.29, 1.82) is 0 Å². The highest BCUT2D eigenvalue weighted by atomic mass is 19.1. The zero-order valence-electron chi connectivity index (χ0n) is 16.2. The lowest BCUT2D eigenvalue weighted by molar-refractivity contribution is 0.607. The van der Waals surface area contributed by atoms with Crippen LogP contribution in [0.5, 0.6) is 0 Å². The van der Waals surface area contributed by atoms with Crippen LogP contribution in [0.25, 0.3) is 22.2 Å². The molecule has 0 atom stereocenters. The number of aryl methyl sites for hydroxylation is 4. The van der Waals surface area contributed by atoms with Gasteiger partial charge in [0.2, 0.25) is 0 Å². The van der Waals surface area contributed by atoms with E-state index in [0.29, 0.717) is 17.7 Å². The van der Waals surface area contributed by atoms with E-state index in [1.54, 1.807) is 0 Å². The molecule has 3 heteroatoms. The van der Waals surface area contributed by atoms with Gasteiger partial charge in [-0.2, -0.15) is 0 Å². The highest BCUT2D eigenvalue weighted by Gasteiger charge is 2.13. The summed E-state index contributed by atoms with van der Waals surface area (Å²) in [6.07, 6.45) is 1.89. The van der Waals surface area contributed by atoms with E-state index in [-0.39, 0.29) is 5.82 Å². The molecule has 4 rings (SSSR count). The molecule has 2 nitrogen and oxygen atoms in total. The third-order valence-corrected chi connectivity index (χ3v) is 5.15. The van der Waals surface area contributed by atoms with Crippen LogP contribution in [0.4, 0.5) is 4.39 Å². The molecule has 0 unspecified atom stereocenters. The molecule has 1 heterocycles. The summed E-state index contributed by atoms with van der Waals surface area (Å²) in [4.78, 5) is 4.72. The van der Waals surface area contributed by atoms with E-state index in [1.807, 2.05) is 32.3 Å². The molecular weight excluding hydrogens is 335 g/mol. The van der Waals surface area contributed by atoms with Gasteiger partial charge in [-0.25, -0.2) is 9.37 Å². The maximum atomic E-state index is 14.0. The first kappa shape index (κ1) is 17.5. The molecule has 0 radical (unpaired) electrons. The highest BCUT2D eigenvalue weighted by Crippen LogP contribution is 2.31. The van der Waals surface area contributed by atoms with Gasteiger partial charge < -0.3 is 4.57 Å². The Labute approximate surface area is 159 Å². The molecule has 0 N–H and O–H groups in total. The zero-order valence-corrected chi connectivity index (χ0v) is 16.2. The average molecular weight is 358 g/mol. The van der Waals surface area contributed by atoms with Crippen molar-refractivity contribution in [3.63, 3.8) is 0 Å². The molecule has 0 saturated heterocycles. The molecular formula is C24H23FN2. The SMILES string of the molecule is Cc1cc(-c2ccccc2C)c2ncn(Cc3cc(C)c(F)c(C)c3)c2c1. The summed E-state index contributed by atoms with van der Waals surface area (Å²) in [7, 11) is 0. The number of nitrogens with zero attached hydrogens (tertiary/aromatic N) is 2. The molecule has 0 fully saturated rings. The van der Waals surface area contributed by atoms with Gasteiger partial charge in [-0.3, -0.25) is 0 Å². The van der Waals surface area contributed by atoms with E-state index in [4.69, 9.17) is 4.98 Å². The largest absolute Gasteiger partial charge is 0.326 e. The predicted molar refractivity (Wildman–Crippen MR) is 110 cm³/mol. The lowest BCUT2D eigenvalue weighted by atomic mass is 9.97. The standard InChI is InChI=1S/C24H23FN2/c1-15-9-21(20-8-6-5-7-16(20)2)24-22(10-15)27(14-26-24)13-19-11-17(3)23(25)18(4)12-19/h5-12,14H,13H2,1-4H3. The zero-order chi connectivity index (χ0) is 19.1. The number of benzene rings is 3. The quantitative estimate of drug-likeness (QED) is 0.431. The van der Waals surface area contributed by atoms with Crippen LogP contribution in [0, 0.1) is 33.5 Å². The second-order valence-corrected chi connectivity index (χ2v) is 7.41. The van der Waals surface area contributed by atoms with Gasteiger partial charge in [0, 0.05) is 12.1 Å². The fourth-order valence-corrected chi connectivity index (χ4v) is 3.83. The molecule has 1 aromatic heterocycles. The first-order valence-electron chi connectivity index (χ1n) is 9.21. The Morgan fingerprint density at radius 2 is 1.56 bits per heavy atom. The molecule has 136 valence electrons. The lowest BCUT2D eigenvalue weighted by Gasteiger charge is -2.11.